The van der Waals surface area contributed by atoms with Gasteiger partial charge in [0.2, 0.25) is 5.88 Å². The van der Waals surface area contributed by atoms with Crippen molar-refractivity contribution in [2.75, 3.05) is 0 Å². The first-order valence-corrected chi connectivity index (χ1v) is 7.72. The van der Waals surface area contributed by atoms with Crippen molar-refractivity contribution in [3.05, 3.63) is 64.3 Å². The number of pyridine rings is 1. The highest BCUT2D eigenvalue weighted by atomic mass is 79.9. The van der Waals surface area contributed by atoms with Crippen molar-refractivity contribution in [2.24, 2.45) is 0 Å². The molecule has 6 heteroatoms. The van der Waals surface area contributed by atoms with E-state index in [9.17, 15) is 4.39 Å². The molecule has 0 amide bonds. The summed E-state index contributed by atoms with van der Waals surface area (Å²) in [6, 6.07) is 8.17. The maximum atomic E-state index is 13.3. The van der Waals surface area contributed by atoms with Crippen LogP contribution >= 0.6 is 15.9 Å². The zero-order valence-electron chi connectivity index (χ0n) is 12.5. The molecule has 0 saturated carbocycles. The van der Waals surface area contributed by atoms with Gasteiger partial charge in [0, 0.05) is 29.2 Å². The maximum Gasteiger partial charge on any atom is 0.226 e. The van der Waals surface area contributed by atoms with Crippen LogP contribution in [0.1, 0.15) is 11.3 Å². The van der Waals surface area contributed by atoms with Crippen LogP contribution in [0.5, 0.6) is 11.6 Å². The Balaban J connectivity index is 2.01. The van der Waals surface area contributed by atoms with Crippen LogP contribution in [-0.4, -0.2) is 15.0 Å². The quantitative estimate of drug-likeness (QED) is 0.658. The van der Waals surface area contributed by atoms with Gasteiger partial charge in [-0.3, -0.25) is 4.98 Å². The summed E-state index contributed by atoms with van der Waals surface area (Å²) in [7, 11) is 0. The SMILES string of the molecule is Cc1nc(-c2cccnc2)nc(Oc2ccc(F)c(Br)c2)c1C. The second kappa shape index (κ2) is 6.42. The van der Waals surface area contributed by atoms with E-state index in [4.69, 9.17) is 4.74 Å². The van der Waals surface area contributed by atoms with Gasteiger partial charge in [-0.25, -0.2) is 9.37 Å². The zero-order chi connectivity index (χ0) is 16.4. The van der Waals surface area contributed by atoms with E-state index in [1.165, 1.54) is 6.07 Å². The maximum absolute atomic E-state index is 13.3. The Morgan fingerprint density at radius 3 is 2.65 bits per heavy atom. The van der Waals surface area contributed by atoms with Crippen molar-refractivity contribution in [3.63, 3.8) is 0 Å². The lowest BCUT2D eigenvalue weighted by molar-refractivity contribution is 0.455. The lowest BCUT2D eigenvalue weighted by atomic mass is 10.2. The highest BCUT2D eigenvalue weighted by molar-refractivity contribution is 9.10. The Bertz CT molecular complexity index is 856. The Hall–Kier alpha value is -2.34. The van der Waals surface area contributed by atoms with E-state index < -0.39 is 0 Å². The number of aryl methyl sites for hydroxylation is 1. The molecule has 0 atom stereocenters. The van der Waals surface area contributed by atoms with E-state index >= 15 is 0 Å². The van der Waals surface area contributed by atoms with E-state index in [2.05, 4.69) is 30.9 Å². The van der Waals surface area contributed by atoms with Gasteiger partial charge in [0.15, 0.2) is 5.82 Å². The fourth-order valence-corrected chi connectivity index (χ4v) is 2.34. The fraction of sp³-hybridized carbons (Fsp3) is 0.118. The third-order valence-corrected chi connectivity index (χ3v) is 3.98. The van der Waals surface area contributed by atoms with E-state index in [0.717, 1.165) is 16.8 Å². The predicted molar refractivity (Wildman–Crippen MR) is 88.9 cm³/mol. The van der Waals surface area contributed by atoms with Crippen LogP contribution < -0.4 is 4.74 Å². The van der Waals surface area contributed by atoms with Crippen molar-refractivity contribution in [1.29, 1.82) is 0 Å². The molecule has 0 saturated heterocycles. The Labute approximate surface area is 141 Å². The second-order valence-electron chi connectivity index (χ2n) is 4.98. The lowest BCUT2D eigenvalue weighted by Crippen LogP contribution is -2.00. The normalized spacial score (nSPS) is 10.6. The van der Waals surface area contributed by atoms with Gasteiger partial charge in [0.05, 0.1) is 4.47 Å². The molecule has 0 unspecified atom stereocenters. The van der Waals surface area contributed by atoms with E-state index in [1.54, 1.807) is 24.5 Å². The van der Waals surface area contributed by atoms with Gasteiger partial charge in [-0.15, -0.1) is 0 Å². The van der Waals surface area contributed by atoms with Crippen LogP contribution in [0.15, 0.2) is 47.2 Å². The summed E-state index contributed by atoms with van der Waals surface area (Å²) >= 11 is 3.15. The number of ether oxygens (including phenoxy) is 1. The average molecular weight is 374 g/mol. The molecule has 0 N–H and O–H groups in total. The minimum absolute atomic E-state index is 0.339. The van der Waals surface area contributed by atoms with Gasteiger partial charge >= 0.3 is 0 Å². The van der Waals surface area contributed by atoms with Crippen LogP contribution in [0.4, 0.5) is 4.39 Å². The third kappa shape index (κ3) is 3.37. The minimum atomic E-state index is -0.344. The van der Waals surface area contributed by atoms with Crippen molar-refractivity contribution in [2.45, 2.75) is 13.8 Å². The van der Waals surface area contributed by atoms with Crippen molar-refractivity contribution in [3.8, 4) is 23.0 Å². The monoisotopic (exact) mass is 373 g/mol. The summed E-state index contributed by atoms with van der Waals surface area (Å²) in [6.07, 6.45) is 3.39. The smallest absolute Gasteiger partial charge is 0.226 e. The van der Waals surface area contributed by atoms with Gasteiger partial charge in [-0.1, -0.05) is 0 Å². The van der Waals surface area contributed by atoms with Crippen molar-refractivity contribution >= 4 is 15.9 Å². The van der Waals surface area contributed by atoms with Gasteiger partial charge in [-0.05, 0) is 60.1 Å². The molecule has 0 aliphatic carbocycles. The van der Waals surface area contributed by atoms with Gasteiger partial charge in [0.1, 0.15) is 11.6 Å². The van der Waals surface area contributed by atoms with Gasteiger partial charge in [-0.2, -0.15) is 4.98 Å². The number of benzene rings is 1. The molecule has 0 radical (unpaired) electrons. The van der Waals surface area contributed by atoms with Crippen molar-refractivity contribution in [1.82, 2.24) is 15.0 Å². The standard InChI is InChI=1S/C17H13BrFN3O/c1-10-11(2)21-16(12-4-3-7-20-9-12)22-17(10)23-13-5-6-15(19)14(18)8-13/h3-9H,1-2H3. The van der Waals surface area contributed by atoms with Crippen LogP contribution in [0.25, 0.3) is 11.4 Å². The summed E-state index contributed by atoms with van der Waals surface area (Å²) in [5.41, 5.74) is 2.45. The van der Waals surface area contributed by atoms with E-state index in [0.29, 0.717) is 21.9 Å². The minimum Gasteiger partial charge on any atom is -0.439 e. The van der Waals surface area contributed by atoms with Crippen LogP contribution in [0.3, 0.4) is 0 Å². The molecule has 0 aliphatic rings. The second-order valence-corrected chi connectivity index (χ2v) is 5.84. The summed E-state index contributed by atoms with van der Waals surface area (Å²) in [5, 5.41) is 0. The average Bonchev–Trinajstić information content (AvgIpc) is 2.56. The Morgan fingerprint density at radius 2 is 1.96 bits per heavy atom. The molecule has 1 aromatic carbocycles. The molecule has 0 aliphatic heterocycles. The molecule has 0 spiro atoms. The molecule has 23 heavy (non-hydrogen) atoms. The van der Waals surface area contributed by atoms with Crippen LogP contribution in [0.2, 0.25) is 0 Å². The largest absolute Gasteiger partial charge is 0.439 e. The lowest BCUT2D eigenvalue weighted by Gasteiger charge is -2.11. The topological polar surface area (TPSA) is 47.9 Å². The Kier molecular flexibility index (Phi) is 4.34. The summed E-state index contributed by atoms with van der Waals surface area (Å²) in [6.45, 7) is 3.78. The molecular weight excluding hydrogens is 361 g/mol. The number of halogens is 2. The van der Waals surface area contributed by atoms with Crippen LogP contribution in [-0.2, 0) is 0 Å². The van der Waals surface area contributed by atoms with Crippen molar-refractivity contribution < 1.29 is 9.13 Å². The molecule has 3 aromatic rings. The molecule has 2 heterocycles. The molecule has 0 bridgehead atoms. The number of nitrogens with zero attached hydrogens (tertiary/aromatic N) is 3. The van der Waals surface area contributed by atoms with Gasteiger partial charge < -0.3 is 4.74 Å². The predicted octanol–water partition coefficient (Wildman–Crippen LogP) is 4.85. The van der Waals surface area contributed by atoms with E-state index in [-0.39, 0.29) is 5.82 Å². The fourth-order valence-electron chi connectivity index (χ4n) is 1.98. The third-order valence-electron chi connectivity index (χ3n) is 3.37. The first kappa shape index (κ1) is 15.6. The summed E-state index contributed by atoms with van der Waals surface area (Å²) in [4.78, 5) is 13.0. The number of hydrogen-bond acceptors (Lipinski definition) is 4. The first-order chi connectivity index (χ1) is 11.0. The van der Waals surface area contributed by atoms with Gasteiger partial charge in [0.25, 0.3) is 0 Å². The summed E-state index contributed by atoms with van der Waals surface area (Å²) < 4.78 is 19.5. The number of hydrogen-bond donors (Lipinski definition) is 0. The first-order valence-electron chi connectivity index (χ1n) is 6.93. The molecule has 3 rings (SSSR count). The summed E-state index contributed by atoms with van der Waals surface area (Å²) in [5.74, 6) is 1.13. The highest BCUT2D eigenvalue weighted by Gasteiger charge is 2.12. The molecular formula is C17H13BrFN3O. The molecule has 2 aromatic heterocycles. The highest BCUT2D eigenvalue weighted by Crippen LogP contribution is 2.29. The number of rotatable bonds is 3. The Morgan fingerprint density at radius 1 is 1.13 bits per heavy atom. The van der Waals surface area contributed by atoms with Crippen LogP contribution in [0, 0.1) is 19.7 Å². The van der Waals surface area contributed by atoms with E-state index in [1.807, 2.05) is 26.0 Å². The molecule has 0 fully saturated rings. The molecule has 4 nitrogen and oxygen atoms in total. The number of aromatic nitrogens is 3. The molecule has 116 valence electrons. The zero-order valence-corrected chi connectivity index (χ0v) is 14.1.